The molecule has 2 aromatic heterocycles. The van der Waals surface area contributed by atoms with Crippen LogP contribution in [0.5, 0.6) is 11.6 Å². The van der Waals surface area contributed by atoms with Crippen LogP contribution in [0.1, 0.15) is 10.4 Å². The molecule has 0 aliphatic carbocycles. The van der Waals surface area contributed by atoms with Gasteiger partial charge in [0.25, 0.3) is 0 Å². The standard InChI is InChI=1S/C11H7BrN2O3/c12-7-1-2-10(14-5-7)17-9-6-13-4-3-8(9)11(15)16/h1-6H,(H,15,16). The van der Waals surface area contributed by atoms with E-state index in [-0.39, 0.29) is 11.3 Å². The van der Waals surface area contributed by atoms with Crippen LogP contribution in [-0.4, -0.2) is 21.0 Å². The number of hydrogen-bond donors (Lipinski definition) is 1. The average Bonchev–Trinajstić information content (AvgIpc) is 2.32. The number of aromatic nitrogens is 2. The number of aromatic carboxylic acids is 1. The molecule has 2 rings (SSSR count). The highest BCUT2D eigenvalue weighted by Gasteiger charge is 2.11. The van der Waals surface area contributed by atoms with Crippen molar-refractivity contribution in [2.75, 3.05) is 0 Å². The third-order valence-electron chi connectivity index (χ3n) is 1.93. The number of halogens is 1. The van der Waals surface area contributed by atoms with Crippen LogP contribution in [0, 0.1) is 0 Å². The van der Waals surface area contributed by atoms with Crippen molar-refractivity contribution >= 4 is 21.9 Å². The number of pyridine rings is 2. The molecule has 0 aliphatic rings. The van der Waals surface area contributed by atoms with Crippen LogP contribution in [0.25, 0.3) is 0 Å². The molecule has 0 radical (unpaired) electrons. The minimum absolute atomic E-state index is 0.0460. The predicted molar refractivity (Wildman–Crippen MR) is 63.2 cm³/mol. The predicted octanol–water partition coefficient (Wildman–Crippen LogP) is 2.73. The van der Waals surface area contributed by atoms with Crippen LogP contribution in [0.15, 0.2) is 41.3 Å². The van der Waals surface area contributed by atoms with Gasteiger partial charge in [0.05, 0.1) is 6.20 Å². The number of carboxylic acids is 1. The molecule has 1 N–H and O–H groups in total. The van der Waals surface area contributed by atoms with Gasteiger partial charge in [-0.15, -0.1) is 0 Å². The van der Waals surface area contributed by atoms with Gasteiger partial charge in [0.15, 0.2) is 5.75 Å². The highest BCUT2D eigenvalue weighted by atomic mass is 79.9. The van der Waals surface area contributed by atoms with Gasteiger partial charge >= 0.3 is 5.97 Å². The van der Waals surface area contributed by atoms with E-state index in [9.17, 15) is 4.79 Å². The Kier molecular flexibility index (Phi) is 3.34. The quantitative estimate of drug-likeness (QED) is 0.942. The second-order valence-electron chi connectivity index (χ2n) is 3.09. The fourth-order valence-electron chi connectivity index (χ4n) is 1.17. The number of carbonyl (C=O) groups is 1. The monoisotopic (exact) mass is 294 g/mol. The lowest BCUT2D eigenvalue weighted by atomic mass is 10.2. The molecular weight excluding hydrogens is 288 g/mol. The largest absolute Gasteiger partial charge is 0.478 e. The summed E-state index contributed by atoms with van der Waals surface area (Å²) in [5, 5.41) is 8.95. The first-order chi connectivity index (χ1) is 8.16. The number of hydrogen-bond acceptors (Lipinski definition) is 4. The van der Waals surface area contributed by atoms with Gasteiger partial charge in [-0.1, -0.05) is 0 Å². The first-order valence-electron chi connectivity index (χ1n) is 4.63. The molecule has 0 spiro atoms. The zero-order valence-corrected chi connectivity index (χ0v) is 10.1. The number of rotatable bonds is 3. The highest BCUT2D eigenvalue weighted by Crippen LogP contribution is 2.23. The Hall–Kier alpha value is -1.95. The Balaban J connectivity index is 2.30. The van der Waals surface area contributed by atoms with Crippen molar-refractivity contribution in [3.8, 4) is 11.6 Å². The molecule has 86 valence electrons. The molecule has 0 saturated heterocycles. The van der Waals surface area contributed by atoms with E-state index in [1.54, 1.807) is 18.3 Å². The van der Waals surface area contributed by atoms with E-state index in [1.165, 1.54) is 18.5 Å². The summed E-state index contributed by atoms with van der Waals surface area (Å²) >= 11 is 3.24. The SMILES string of the molecule is O=C(O)c1ccncc1Oc1ccc(Br)cn1. The van der Waals surface area contributed by atoms with Gasteiger partial charge in [0, 0.05) is 22.9 Å². The molecule has 2 heterocycles. The Morgan fingerprint density at radius 1 is 1.29 bits per heavy atom. The summed E-state index contributed by atoms with van der Waals surface area (Å²) in [6.45, 7) is 0. The number of carboxylic acid groups (broad SMARTS) is 1. The molecule has 0 atom stereocenters. The van der Waals surface area contributed by atoms with Crippen LogP contribution < -0.4 is 4.74 Å². The van der Waals surface area contributed by atoms with E-state index in [0.29, 0.717) is 5.88 Å². The fraction of sp³-hybridized carbons (Fsp3) is 0. The highest BCUT2D eigenvalue weighted by molar-refractivity contribution is 9.10. The van der Waals surface area contributed by atoms with Crippen molar-refractivity contribution in [2.45, 2.75) is 0 Å². The second kappa shape index (κ2) is 4.92. The minimum atomic E-state index is -1.07. The van der Waals surface area contributed by atoms with Crippen molar-refractivity contribution in [3.63, 3.8) is 0 Å². The Morgan fingerprint density at radius 2 is 2.12 bits per heavy atom. The van der Waals surface area contributed by atoms with E-state index >= 15 is 0 Å². The molecule has 6 heteroatoms. The van der Waals surface area contributed by atoms with E-state index in [1.807, 2.05) is 0 Å². The number of ether oxygens (including phenoxy) is 1. The summed E-state index contributed by atoms with van der Waals surface area (Å²) in [6.07, 6.45) is 4.30. The summed E-state index contributed by atoms with van der Waals surface area (Å²) in [5.74, 6) is -0.599. The lowest BCUT2D eigenvalue weighted by molar-refractivity contribution is 0.0694. The van der Waals surface area contributed by atoms with Crippen molar-refractivity contribution in [3.05, 3.63) is 46.8 Å². The summed E-state index contributed by atoms with van der Waals surface area (Å²) in [4.78, 5) is 18.7. The molecule has 0 aromatic carbocycles. The molecule has 5 nitrogen and oxygen atoms in total. The molecule has 0 aliphatic heterocycles. The van der Waals surface area contributed by atoms with Crippen LogP contribution in [0.2, 0.25) is 0 Å². The van der Waals surface area contributed by atoms with Gasteiger partial charge in [-0.2, -0.15) is 0 Å². The topological polar surface area (TPSA) is 72.3 Å². The fourth-order valence-corrected chi connectivity index (χ4v) is 1.41. The molecule has 0 saturated carbocycles. The van der Waals surface area contributed by atoms with Crippen molar-refractivity contribution < 1.29 is 14.6 Å². The molecule has 0 amide bonds. The Bertz CT molecular complexity index is 543. The van der Waals surface area contributed by atoms with Gasteiger partial charge < -0.3 is 9.84 Å². The molecule has 0 unspecified atom stereocenters. The maximum Gasteiger partial charge on any atom is 0.339 e. The van der Waals surface area contributed by atoms with Crippen LogP contribution in [0.3, 0.4) is 0 Å². The maximum atomic E-state index is 10.9. The summed E-state index contributed by atoms with van der Waals surface area (Å²) < 4.78 is 6.16. The zero-order valence-electron chi connectivity index (χ0n) is 8.50. The first-order valence-corrected chi connectivity index (χ1v) is 5.43. The van der Waals surface area contributed by atoms with Crippen LogP contribution in [0.4, 0.5) is 0 Å². The third-order valence-corrected chi connectivity index (χ3v) is 2.40. The van der Waals surface area contributed by atoms with Gasteiger partial charge in [-0.25, -0.2) is 9.78 Å². The third kappa shape index (κ3) is 2.79. The van der Waals surface area contributed by atoms with Gasteiger partial charge in [-0.3, -0.25) is 4.98 Å². The van der Waals surface area contributed by atoms with E-state index < -0.39 is 5.97 Å². The van der Waals surface area contributed by atoms with Crippen LogP contribution >= 0.6 is 15.9 Å². The maximum absolute atomic E-state index is 10.9. The second-order valence-corrected chi connectivity index (χ2v) is 4.01. The summed E-state index contributed by atoms with van der Waals surface area (Å²) in [7, 11) is 0. The smallest absolute Gasteiger partial charge is 0.339 e. The van der Waals surface area contributed by atoms with Gasteiger partial charge in [0.1, 0.15) is 5.56 Å². The summed E-state index contributed by atoms with van der Waals surface area (Å²) in [6, 6.07) is 4.75. The van der Waals surface area contributed by atoms with Gasteiger partial charge in [0.2, 0.25) is 5.88 Å². The van der Waals surface area contributed by atoms with E-state index in [4.69, 9.17) is 9.84 Å². The van der Waals surface area contributed by atoms with Crippen molar-refractivity contribution in [2.24, 2.45) is 0 Å². The van der Waals surface area contributed by atoms with E-state index in [2.05, 4.69) is 25.9 Å². The normalized spacial score (nSPS) is 9.94. The van der Waals surface area contributed by atoms with Gasteiger partial charge in [-0.05, 0) is 28.1 Å². The Morgan fingerprint density at radius 3 is 2.76 bits per heavy atom. The zero-order chi connectivity index (χ0) is 12.3. The molecular formula is C11H7BrN2O3. The lowest BCUT2D eigenvalue weighted by Gasteiger charge is -2.06. The number of nitrogens with zero attached hydrogens (tertiary/aromatic N) is 2. The van der Waals surface area contributed by atoms with Crippen molar-refractivity contribution in [1.29, 1.82) is 0 Å². The molecule has 17 heavy (non-hydrogen) atoms. The summed E-state index contributed by atoms with van der Waals surface area (Å²) in [5.41, 5.74) is 0.0460. The molecule has 0 fully saturated rings. The van der Waals surface area contributed by atoms with Crippen molar-refractivity contribution in [1.82, 2.24) is 9.97 Å². The Labute approximate surface area is 105 Å². The van der Waals surface area contributed by atoms with E-state index in [0.717, 1.165) is 4.47 Å². The van der Waals surface area contributed by atoms with Crippen LogP contribution in [-0.2, 0) is 0 Å². The molecule has 2 aromatic rings. The molecule has 0 bridgehead atoms. The first kappa shape index (κ1) is 11.5. The minimum Gasteiger partial charge on any atom is -0.478 e. The lowest BCUT2D eigenvalue weighted by Crippen LogP contribution is -2.00. The average molecular weight is 295 g/mol.